The molecule has 0 radical (unpaired) electrons. The van der Waals surface area contributed by atoms with Gasteiger partial charge in [-0.2, -0.15) is 0 Å². The van der Waals surface area contributed by atoms with E-state index >= 15 is 0 Å². The smallest absolute Gasteiger partial charge is 0.128 e. The second-order valence-electron chi connectivity index (χ2n) is 1.98. The first kappa shape index (κ1) is 9.03. The van der Waals surface area contributed by atoms with Gasteiger partial charge in [0.25, 0.3) is 0 Å². The van der Waals surface area contributed by atoms with E-state index in [1.54, 1.807) is 19.0 Å². The van der Waals surface area contributed by atoms with Gasteiger partial charge in [0.2, 0.25) is 0 Å². The first-order valence-electron chi connectivity index (χ1n) is 2.45. The standard InChI is InChI=1S/C4H11NO3S/c1-5(2)3-4(6)9(7)8/h4,6H,3H2,1-2H3,(H,7,8)/p-1. The summed E-state index contributed by atoms with van der Waals surface area (Å²) in [4.78, 5) is 1.60. The minimum absolute atomic E-state index is 0.149. The third-order valence-electron chi connectivity index (χ3n) is 0.743. The summed E-state index contributed by atoms with van der Waals surface area (Å²) in [5, 5.41) is 8.64. The van der Waals surface area contributed by atoms with Gasteiger partial charge in [-0.3, -0.25) is 4.21 Å². The number of rotatable bonds is 3. The SMILES string of the molecule is CN(C)CC(O)S(=O)[O-]. The fraction of sp³-hybridized carbons (Fsp3) is 1.00. The highest BCUT2D eigenvalue weighted by atomic mass is 32.2. The quantitative estimate of drug-likeness (QED) is 0.513. The summed E-state index contributed by atoms with van der Waals surface area (Å²) in [7, 11) is 3.38. The Morgan fingerprint density at radius 1 is 1.78 bits per heavy atom. The molecule has 0 spiro atoms. The molecule has 5 heteroatoms. The highest BCUT2D eigenvalue weighted by molar-refractivity contribution is 7.79. The molecule has 0 bridgehead atoms. The zero-order chi connectivity index (χ0) is 7.44. The molecule has 0 fully saturated rings. The van der Waals surface area contributed by atoms with Crippen LogP contribution in [0.25, 0.3) is 0 Å². The van der Waals surface area contributed by atoms with Crippen LogP contribution in [-0.4, -0.2) is 44.8 Å². The number of hydrogen-bond donors (Lipinski definition) is 1. The van der Waals surface area contributed by atoms with E-state index in [4.69, 9.17) is 5.11 Å². The minimum atomic E-state index is -2.37. The molecule has 0 aliphatic carbocycles. The lowest BCUT2D eigenvalue weighted by molar-refractivity contribution is 0.198. The molecule has 0 amide bonds. The molecule has 0 aliphatic heterocycles. The molecule has 2 unspecified atom stereocenters. The second-order valence-corrected chi connectivity index (χ2v) is 3.04. The van der Waals surface area contributed by atoms with Gasteiger partial charge in [0.1, 0.15) is 5.44 Å². The Hall–Kier alpha value is 0.0300. The van der Waals surface area contributed by atoms with Crippen molar-refractivity contribution in [3.63, 3.8) is 0 Å². The van der Waals surface area contributed by atoms with Crippen molar-refractivity contribution in [3.05, 3.63) is 0 Å². The molecule has 0 aromatic carbocycles. The van der Waals surface area contributed by atoms with Crippen molar-refractivity contribution in [1.82, 2.24) is 4.90 Å². The van der Waals surface area contributed by atoms with E-state index in [1.165, 1.54) is 0 Å². The first-order chi connectivity index (χ1) is 4.04. The Morgan fingerprint density at radius 2 is 2.22 bits per heavy atom. The van der Waals surface area contributed by atoms with Gasteiger partial charge in [0.15, 0.2) is 0 Å². The van der Waals surface area contributed by atoms with Crippen molar-refractivity contribution in [3.8, 4) is 0 Å². The summed E-state index contributed by atoms with van der Waals surface area (Å²) in [5.74, 6) is 0. The van der Waals surface area contributed by atoms with Crippen LogP contribution in [0.5, 0.6) is 0 Å². The first-order valence-corrected chi connectivity index (χ1v) is 3.58. The van der Waals surface area contributed by atoms with E-state index < -0.39 is 16.5 Å². The molecule has 4 nitrogen and oxygen atoms in total. The van der Waals surface area contributed by atoms with Gasteiger partial charge in [0.05, 0.1) is 0 Å². The third-order valence-corrected chi connectivity index (χ3v) is 1.34. The highest BCUT2D eigenvalue weighted by Gasteiger charge is 2.03. The van der Waals surface area contributed by atoms with Crippen LogP contribution < -0.4 is 0 Å². The monoisotopic (exact) mass is 152 g/mol. The molecule has 0 saturated carbocycles. The van der Waals surface area contributed by atoms with Crippen molar-refractivity contribution < 1.29 is 13.9 Å². The molecule has 0 saturated heterocycles. The molecular weight excluding hydrogens is 142 g/mol. The maximum Gasteiger partial charge on any atom is 0.128 e. The number of aliphatic hydroxyl groups is 1. The normalized spacial score (nSPS) is 17.9. The Morgan fingerprint density at radius 3 is 2.33 bits per heavy atom. The van der Waals surface area contributed by atoms with E-state index in [-0.39, 0.29) is 6.54 Å². The van der Waals surface area contributed by atoms with Gasteiger partial charge >= 0.3 is 0 Å². The lowest BCUT2D eigenvalue weighted by Crippen LogP contribution is -2.28. The molecule has 0 aromatic rings. The fourth-order valence-electron chi connectivity index (χ4n) is 0.373. The van der Waals surface area contributed by atoms with Gasteiger partial charge in [-0.05, 0) is 25.2 Å². The highest BCUT2D eigenvalue weighted by Crippen LogP contribution is 1.88. The predicted octanol–water partition coefficient (Wildman–Crippen LogP) is -1.25. The average Bonchev–Trinajstić information content (AvgIpc) is 1.63. The lowest BCUT2D eigenvalue weighted by Gasteiger charge is -2.17. The Bertz CT molecular complexity index is 106. The fourth-order valence-corrected chi connectivity index (χ4v) is 0.793. The zero-order valence-electron chi connectivity index (χ0n) is 5.40. The molecule has 0 rings (SSSR count). The number of likely N-dealkylation sites (N-methyl/N-ethyl adjacent to an activating group) is 1. The van der Waals surface area contributed by atoms with Crippen molar-refractivity contribution in [1.29, 1.82) is 0 Å². The van der Waals surface area contributed by atoms with Crippen LogP contribution in [-0.2, 0) is 11.1 Å². The maximum atomic E-state index is 9.96. The van der Waals surface area contributed by atoms with Crippen LogP contribution in [0, 0.1) is 0 Å². The van der Waals surface area contributed by atoms with Crippen LogP contribution in [0.1, 0.15) is 0 Å². The lowest BCUT2D eigenvalue weighted by atomic mass is 10.6. The third kappa shape index (κ3) is 4.53. The summed E-state index contributed by atoms with van der Waals surface area (Å²) in [6.07, 6.45) is 0. The minimum Gasteiger partial charge on any atom is -0.770 e. The van der Waals surface area contributed by atoms with Crippen molar-refractivity contribution in [2.45, 2.75) is 5.44 Å². The zero-order valence-corrected chi connectivity index (χ0v) is 6.22. The van der Waals surface area contributed by atoms with Crippen molar-refractivity contribution >= 4 is 11.1 Å². The molecule has 2 atom stereocenters. The molecule has 0 heterocycles. The molecule has 9 heavy (non-hydrogen) atoms. The molecule has 0 aromatic heterocycles. The predicted molar refractivity (Wildman–Crippen MR) is 33.5 cm³/mol. The molecular formula is C4H10NO3S-. The van der Waals surface area contributed by atoms with Crippen LogP contribution >= 0.6 is 0 Å². The summed E-state index contributed by atoms with van der Waals surface area (Å²) < 4.78 is 19.9. The van der Waals surface area contributed by atoms with E-state index in [1.807, 2.05) is 0 Å². The van der Waals surface area contributed by atoms with Gasteiger partial charge < -0.3 is 14.6 Å². The molecule has 56 valence electrons. The number of hydrogen-bond acceptors (Lipinski definition) is 4. The van der Waals surface area contributed by atoms with Gasteiger partial charge in [0, 0.05) is 6.54 Å². The molecule has 1 N–H and O–H groups in total. The maximum absolute atomic E-state index is 9.96. The summed E-state index contributed by atoms with van der Waals surface area (Å²) in [6, 6.07) is 0. The van der Waals surface area contributed by atoms with Crippen molar-refractivity contribution in [2.75, 3.05) is 20.6 Å². The molecule has 0 aliphatic rings. The van der Waals surface area contributed by atoms with E-state index in [9.17, 15) is 8.76 Å². The Labute approximate surface area is 56.8 Å². The second kappa shape index (κ2) is 3.94. The van der Waals surface area contributed by atoms with E-state index in [2.05, 4.69) is 0 Å². The van der Waals surface area contributed by atoms with Gasteiger partial charge in [-0.25, -0.2) is 0 Å². The summed E-state index contributed by atoms with van der Waals surface area (Å²) in [5.41, 5.74) is -1.26. The van der Waals surface area contributed by atoms with Gasteiger partial charge in [-0.1, -0.05) is 0 Å². The Kier molecular flexibility index (Phi) is 3.96. The van der Waals surface area contributed by atoms with E-state index in [0.717, 1.165) is 0 Å². The summed E-state index contributed by atoms with van der Waals surface area (Å²) >= 11 is -2.37. The van der Waals surface area contributed by atoms with Gasteiger partial charge in [-0.15, -0.1) is 0 Å². The largest absolute Gasteiger partial charge is 0.770 e. The topological polar surface area (TPSA) is 63.6 Å². The summed E-state index contributed by atoms with van der Waals surface area (Å²) in [6.45, 7) is 0.149. The average molecular weight is 152 g/mol. The number of aliphatic hydroxyl groups excluding tert-OH is 1. The van der Waals surface area contributed by atoms with Crippen LogP contribution in [0.2, 0.25) is 0 Å². The van der Waals surface area contributed by atoms with Crippen molar-refractivity contribution in [2.24, 2.45) is 0 Å². The van der Waals surface area contributed by atoms with Crippen LogP contribution in [0.15, 0.2) is 0 Å². The van der Waals surface area contributed by atoms with Crippen LogP contribution in [0.4, 0.5) is 0 Å². The number of nitrogens with zero attached hydrogens (tertiary/aromatic N) is 1. The van der Waals surface area contributed by atoms with Crippen LogP contribution in [0.3, 0.4) is 0 Å². The Balaban J connectivity index is 3.50. The van der Waals surface area contributed by atoms with E-state index in [0.29, 0.717) is 0 Å².